The van der Waals surface area contributed by atoms with E-state index in [9.17, 15) is 4.79 Å². The third kappa shape index (κ3) is 3.20. The molecule has 1 aliphatic rings. The van der Waals surface area contributed by atoms with Crippen molar-refractivity contribution < 1.29 is 4.79 Å². The van der Waals surface area contributed by atoms with Gasteiger partial charge in [0.25, 0.3) is 0 Å². The standard InChI is InChI=1S/C15H25N3OS/c1-11-13(20-10-17-11)9-18(4)14(19)15(2,3)12-6-5-7-16-8-12/h10,12,16H,5-9H2,1-4H3. The number of amides is 1. The molecule has 1 aromatic rings. The average Bonchev–Trinajstić information content (AvgIpc) is 2.84. The van der Waals surface area contributed by atoms with Crippen LogP contribution in [0.15, 0.2) is 5.51 Å². The third-order valence-corrected chi connectivity index (χ3v) is 5.36. The number of carbonyl (C=O) groups is 1. The van der Waals surface area contributed by atoms with Gasteiger partial charge in [-0.05, 0) is 38.8 Å². The van der Waals surface area contributed by atoms with Crippen molar-refractivity contribution in [2.24, 2.45) is 11.3 Å². The van der Waals surface area contributed by atoms with E-state index in [2.05, 4.69) is 24.1 Å². The van der Waals surface area contributed by atoms with Crippen LogP contribution in [0.2, 0.25) is 0 Å². The highest BCUT2D eigenvalue weighted by molar-refractivity contribution is 7.09. The molecule has 112 valence electrons. The molecule has 1 fully saturated rings. The molecule has 1 unspecified atom stereocenters. The molecule has 0 bridgehead atoms. The number of rotatable bonds is 4. The summed E-state index contributed by atoms with van der Waals surface area (Å²) < 4.78 is 0. The molecule has 0 radical (unpaired) electrons. The lowest BCUT2D eigenvalue weighted by Gasteiger charge is -2.38. The molecule has 0 aliphatic carbocycles. The summed E-state index contributed by atoms with van der Waals surface area (Å²) in [6.07, 6.45) is 2.30. The molecule has 1 aliphatic heterocycles. The Labute approximate surface area is 125 Å². The summed E-state index contributed by atoms with van der Waals surface area (Å²) in [5, 5.41) is 3.41. The first kappa shape index (κ1) is 15.4. The quantitative estimate of drug-likeness (QED) is 0.928. The first-order valence-electron chi connectivity index (χ1n) is 7.28. The zero-order valence-electron chi connectivity index (χ0n) is 12.9. The molecule has 4 nitrogen and oxygen atoms in total. The summed E-state index contributed by atoms with van der Waals surface area (Å²) >= 11 is 1.62. The predicted octanol–water partition coefficient (Wildman–Crippen LogP) is 2.44. The number of thiazole rings is 1. The van der Waals surface area contributed by atoms with Gasteiger partial charge in [-0.3, -0.25) is 4.79 Å². The van der Waals surface area contributed by atoms with Gasteiger partial charge in [0.1, 0.15) is 0 Å². The van der Waals surface area contributed by atoms with Gasteiger partial charge in [0.15, 0.2) is 0 Å². The first-order chi connectivity index (χ1) is 9.43. The van der Waals surface area contributed by atoms with E-state index in [1.165, 1.54) is 11.3 Å². The van der Waals surface area contributed by atoms with Gasteiger partial charge in [-0.1, -0.05) is 13.8 Å². The van der Waals surface area contributed by atoms with Crippen LogP contribution in [-0.2, 0) is 11.3 Å². The summed E-state index contributed by atoms with van der Waals surface area (Å²) in [6.45, 7) is 8.87. The number of piperidine rings is 1. The van der Waals surface area contributed by atoms with Crippen molar-refractivity contribution in [1.82, 2.24) is 15.2 Å². The maximum Gasteiger partial charge on any atom is 0.228 e. The number of hydrogen-bond acceptors (Lipinski definition) is 4. The molecule has 2 rings (SSSR count). The van der Waals surface area contributed by atoms with Crippen LogP contribution in [0, 0.1) is 18.3 Å². The molecule has 5 heteroatoms. The number of hydrogen-bond donors (Lipinski definition) is 1. The lowest BCUT2D eigenvalue weighted by Crippen LogP contribution is -2.47. The maximum atomic E-state index is 12.8. The van der Waals surface area contributed by atoms with Crippen molar-refractivity contribution in [2.45, 2.75) is 40.2 Å². The van der Waals surface area contributed by atoms with Crippen molar-refractivity contribution in [1.29, 1.82) is 0 Å². The van der Waals surface area contributed by atoms with E-state index in [0.29, 0.717) is 12.5 Å². The van der Waals surface area contributed by atoms with Crippen molar-refractivity contribution in [2.75, 3.05) is 20.1 Å². The second kappa shape index (κ2) is 6.22. The van der Waals surface area contributed by atoms with Crippen molar-refractivity contribution in [3.63, 3.8) is 0 Å². The van der Waals surface area contributed by atoms with Gasteiger partial charge < -0.3 is 10.2 Å². The van der Waals surface area contributed by atoms with Crippen LogP contribution in [-0.4, -0.2) is 35.9 Å². The van der Waals surface area contributed by atoms with E-state index < -0.39 is 0 Å². The Morgan fingerprint density at radius 3 is 2.90 bits per heavy atom. The minimum Gasteiger partial charge on any atom is -0.340 e. The third-order valence-electron chi connectivity index (χ3n) is 4.44. The van der Waals surface area contributed by atoms with Crippen LogP contribution < -0.4 is 5.32 Å². The molecule has 1 amide bonds. The number of nitrogens with zero attached hydrogens (tertiary/aromatic N) is 2. The zero-order valence-corrected chi connectivity index (χ0v) is 13.7. The van der Waals surface area contributed by atoms with Crippen LogP contribution in [0.1, 0.15) is 37.3 Å². The van der Waals surface area contributed by atoms with Gasteiger partial charge in [-0.25, -0.2) is 4.98 Å². The Morgan fingerprint density at radius 1 is 1.60 bits per heavy atom. The molecular formula is C15H25N3OS. The van der Waals surface area contributed by atoms with Gasteiger partial charge in [0.2, 0.25) is 5.91 Å². The molecule has 1 N–H and O–H groups in total. The molecule has 1 aromatic heterocycles. The number of nitrogens with one attached hydrogen (secondary N) is 1. The molecule has 1 saturated heterocycles. The molecule has 1 atom stereocenters. The van der Waals surface area contributed by atoms with E-state index in [1.807, 2.05) is 24.4 Å². The highest BCUT2D eigenvalue weighted by Crippen LogP contribution is 2.34. The molecule has 2 heterocycles. The van der Waals surface area contributed by atoms with Gasteiger partial charge in [0.05, 0.1) is 17.7 Å². The topological polar surface area (TPSA) is 45.2 Å². The predicted molar refractivity (Wildman–Crippen MR) is 82.7 cm³/mol. The SMILES string of the molecule is Cc1ncsc1CN(C)C(=O)C(C)(C)C1CCCNC1. The average molecular weight is 295 g/mol. The molecule has 0 spiro atoms. The van der Waals surface area contributed by atoms with Crippen LogP contribution in [0.3, 0.4) is 0 Å². The monoisotopic (exact) mass is 295 g/mol. The highest BCUT2D eigenvalue weighted by Gasteiger charge is 2.39. The minimum atomic E-state index is -0.305. The number of carbonyl (C=O) groups excluding carboxylic acids is 1. The Hall–Kier alpha value is -0.940. The second-order valence-electron chi connectivity index (χ2n) is 6.29. The summed E-state index contributed by atoms with van der Waals surface area (Å²) in [5.41, 5.74) is 2.58. The van der Waals surface area contributed by atoms with Crippen molar-refractivity contribution in [3.05, 3.63) is 16.1 Å². The fraction of sp³-hybridized carbons (Fsp3) is 0.733. The fourth-order valence-corrected chi connectivity index (χ4v) is 3.73. The normalized spacial score (nSPS) is 19.9. The molecular weight excluding hydrogens is 270 g/mol. The largest absolute Gasteiger partial charge is 0.340 e. The summed E-state index contributed by atoms with van der Waals surface area (Å²) in [4.78, 5) is 20.1. The van der Waals surface area contributed by atoms with Crippen LogP contribution in [0.25, 0.3) is 0 Å². The molecule has 20 heavy (non-hydrogen) atoms. The van der Waals surface area contributed by atoms with Gasteiger partial charge in [0, 0.05) is 17.3 Å². The highest BCUT2D eigenvalue weighted by atomic mass is 32.1. The van der Waals surface area contributed by atoms with Gasteiger partial charge in [-0.15, -0.1) is 11.3 Å². The summed E-state index contributed by atoms with van der Waals surface area (Å²) in [7, 11) is 1.90. The van der Waals surface area contributed by atoms with E-state index in [0.717, 1.165) is 25.2 Å². The van der Waals surface area contributed by atoms with E-state index >= 15 is 0 Å². The Balaban J connectivity index is 2.03. The van der Waals surface area contributed by atoms with Gasteiger partial charge >= 0.3 is 0 Å². The number of aromatic nitrogens is 1. The lowest BCUT2D eigenvalue weighted by molar-refractivity contribution is -0.143. The smallest absolute Gasteiger partial charge is 0.228 e. The summed E-state index contributed by atoms with van der Waals surface area (Å²) in [5.74, 6) is 0.660. The zero-order chi connectivity index (χ0) is 14.8. The Morgan fingerprint density at radius 2 is 2.35 bits per heavy atom. The lowest BCUT2D eigenvalue weighted by atomic mass is 9.74. The van der Waals surface area contributed by atoms with Crippen LogP contribution in [0.4, 0.5) is 0 Å². The maximum absolute atomic E-state index is 12.8. The van der Waals surface area contributed by atoms with Crippen LogP contribution >= 0.6 is 11.3 Å². The summed E-state index contributed by atoms with van der Waals surface area (Å²) in [6, 6.07) is 0. The Bertz CT molecular complexity index is 463. The van der Waals surface area contributed by atoms with Crippen molar-refractivity contribution in [3.8, 4) is 0 Å². The Kier molecular flexibility index (Phi) is 4.81. The van der Waals surface area contributed by atoms with E-state index in [4.69, 9.17) is 0 Å². The first-order valence-corrected chi connectivity index (χ1v) is 8.16. The molecule has 0 aromatic carbocycles. The number of aryl methyl sites for hydroxylation is 1. The van der Waals surface area contributed by atoms with Gasteiger partial charge in [-0.2, -0.15) is 0 Å². The minimum absolute atomic E-state index is 0.235. The van der Waals surface area contributed by atoms with Crippen molar-refractivity contribution >= 4 is 17.2 Å². The fourth-order valence-electron chi connectivity index (χ4n) is 2.90. The van der Waals surface area contributed by atoms with Crippen LogP contribution in [0.5, 0.6) is 0 Å². The van der Waals surface area contributed by atoms with E-state index in [1.54, 1.807) is 11.3 Å². The second-order valence-corrected chi connectivity index (χ2v) is 7.23. The molecule has 0 saturated carbocycles. The van der Waals surface area contributed by atoms with E-state index in [-0.39, 0.29) is 11.3 Å².